The summed E-state index contributed by atoms with van der Waals surface area (Å²) in [6.07, 6.45) is 0. The second-order valence-corrected chi connectivity index (χ2v) is 2.51. The van der Waals surface area contributed by atoms with Crippen molar-refractivity contribution >= 4 is 11.8 Å². The molecule has 2 atom stereocenters. The first-order chi connectivity index (χ1) is 4.46. The van der Waals surface area contributed by atoms with Crippen molar-refractivity contribution in [3.8, 4) is 0 Å². The first-order valence-electron chi connectivity index (χ1n) is 3.18. The van der Waals surface area contributed by atoms with Gasteiger partial charge in [-0.05, 0) is 6.92 Å². The Kier molecular flexibility index (Phi) is 5.49. The molecule has 0 bridgehead atoms. The van der Waals surface area contributed by atoms with E-state index in [1.165, 1.54) is 13.8 Å². The normalized spacial score (nSPS) is 14.5. The van der Waals surface area contributed by atoms with E-state index in [0.29, 0.717) is 0 Å². The van der Waals surface area contributed by atoms with Gasteiger partial charge in [-0.25, -0.2) is 0 Å². The van der Waals surface area contributed by atoms with Gasteiger partial charge in [-0.3, -0.25) is 4.79 Å². The monoisotopic (exact) mass is 158 g/mol. The molecular formula is C8H14O3. The first-order valence-corrected chi connectivity index (χ1v) is 3.18. The van der Waals surface area contributed by atoms with Crippen molar-refractivity contribution in [3.63, 3.8) is 0 Å². The molecule has 11 heavy (non-hydrogen) atoms. The van der Waals surface area contributed by atoms with Gasteiger partial charge in [-0.1, -0.05) is 13.8 Å². The second kappa shape index (κ2) is 4.77. The second-order valence-electron chi connectivity index (χ2n) is 2.51. The molecule has 0 amide bonds. The number of carbonyl (C=O) groups is 2. The Bertz CT molecular complexity index is 133. The maximum absolute atomic E-state index is 10.6. The van der Waals surface area contributed by atoms with E-state index in [9.17, 15) is 14.7 Å². The third-order valence-electron chi connectivity index (χ3n) is 1.76. The van der Waals surface area contributed by atoms with Crippen LogP contribution < -0.4 is 5.11 Å². The van der Waals surface area contributed by atoms with Gasteiger partial charge in [0.15, 0.2) is 0 Å². The van der Waals surface area contributed by atoms with Gasteiger partial charge in [0.2, 0.25) is 0 Å². The summed E-state index contributed by atoms with van der Waals surface area (Å²) in [5, 5.41) is 10.2. The van der Waals surface area contributed by atoms with E-state index in [1.54, 1.807) is 6.92 Å². The number of carboxylic acid groups (broad SMARTS) is 1. The zero-order chi connectivity index (χ0) is 8.31. The molecule has 0 aliphatic heterocycles. The van der Waals surface area contributed by atoms with Crippen molar-refractivity contribution in [1.29, 1.82) is 0 Å². The van der Waals surface area contributed by atoms with Crippen LogP contribution in [0.3, 0.4) is 0 Å². The van der Waals surface area contributed by atoms with Crippen LogP contribution in [0.25, 0.3) is 0 Å². The lowest BCUT2D eigenvalue weighted by Crippen LogP contribution is -2.35. The fourth-order valence-corrected chi connectivity index (χ4v) is 0.556. The van der Waals surface area contributed by atoms with Crippen molar-refractivity contribution in [3.05, 3.63) is 7.43 Å². The molecule has 2 unspecified atom stereocenters. The zero-order valence-electron chi connectivity index (χ0n) is 7.38. The molecule has 0 aromatic carbocycles. The molecule has 0 fully saturated rings. The number of hydrogen-bond donors (Lipinski definition) is 0. The van der Waals surface area contributed by atoms with Crippen LogP contribution in [0.4, 0.5) is 0 Å². The highest BCUT2D eigenvalue weighted by Crippen LogP contribution is 2.09. The minimum absolute atomic E-state index is 0. The Hall–Kier alpha value is -0.990. The van der Waals surface area contributed by atoms with Crippen molar-refractivity contribution < 1.29 is 14.7 Å². The lowest BCUT2D eigenvalue weighted by molar-refractivity contribution is -0.312. The van der Waals surface area contributed by atoms with Gasteiger partial charge in [-0.15, -0.1) is 0 Å². The summed E-state index contributed by atoms with van der Waals surface area (Å²) in [4.78, 5) is 20.8. The summed E-state index contributed by atoms with van der Waals surface area (Å²) in [6.45, 7) is 4.44. The third kappa shape index (κ3) is 3.65. The molecule has 0 heterocycles. The number of Topliss-reactive ketones (excluding diaryl/α,β-unsaturated/α-hetero) is 1. The minimum Gasteiger partial charge on any atom is -0.550 e. The number of carboxylic acids is 1. The van der Waals surface area contributed by atoms with E-state index < -0.39 is 17.8 Å². The minimum atomic E-state index is -1.16. The van der Waals surface area contributed by atoms with E-state index in [4.69, 9.17) is 0 Å². The Balaban J connectivity index is 0. The lowest BCUT2D eigenvalue weighted by atomic mass is 9.93. The SMILES string of the molecule is CC(=O)C(C)C(C)C(=O)[O-].[CH3+]. The summed E-state index contributed by atoms with van der Waals surface area (Å²) in [5.74, 6) is -2.40. The Morgan fingerprint density at radius 2 is 1.55 bits per heavy atom. The molecule has 0 aliphatic rings. The Morgan fingerprint density at radius 1 is 1.18 bits per heavy atom. The molecule has 0 aliphatic carbocycles. The van der Waals surface area contributed by atoms with Gasteiger partial charge in [0, 0.05) is 25.2 Å². The van der Waals surface area contributed by atoms with Crippen molar-refractivity contribution in [1.82, 2.24) is 0 Å². The zero-order valence-corrected chi connectivity index (χ0v) is 7.38. The standard InChI is InChI=1S/C7H12O3.CH3/c1-4(6(3)8)5(2)7(9)10;/h4-5H,1-3H3,(H,9,10);1H3/q;+1/p-1. The van der Waals surface area contributed by atoms with Gasteiger partial charge < -0.3 is 9.90 Å². The molecule has 0 rings (SSSR count). The smallest absolute Gasteiger partial charge is 0.133 e. The molecule has 3 heteroatoms. The molecule has 0 N–H and O–H groups in total. The van der Waals surface area contributed by atoms with E-state index >= 15 is 0 Å². The molecule has 0 spiro atoms. The summed E-state index contributed by atoms with van der Waals surface area (Å²) < 4.78 is 0. The van der Waals surface area contributed by atoms with Crippen molar-refractivity contribution in [2.45, 2.75) is 20.8 Å². The fraction of sp³-hybridized carbons (Fsp3) is 0.625. The predicted octanol–water partition coefficient (Wildman–Crippen LogP) is 0.0478. The lowest BCUT2D eigenvalue weighted by Gasteiger charge is -2.17. The van der Waals surface area contributed by atoms with Crippen LogP contribution >= 0.6 is 0 Å². The van der Waals surface area contributed by atoms with Crippen LogP contribution in [0.2, 0.25) is 0 Å². The molecular weight excluding hydrogens is 144 g/mol. The maximum atomic E-state index is 10.6. The Labute approximate surface area is 67.4 Å². The predicted molar refractivity (Wildman–Crippen MR) is 40.4 cm³/mol. The average Bonchev–Trinajstić information content (AvgIpc) is 1.84. The number of rotatable bonds is 3. The van der Waals surface area contributed by atoms with Crippen LogP contribution in [0.1, 0.15) is 20.8 Å². The van der Waals surface area contributed by atoms with Crippen LogP contribution in [-0.4, -0.2) is 11.8 Å². The number of hydrogen-bond acceptors (Lipinski definition) is 3. The van der Waals surface area contributed by atoms with Gasteiger partial charge in [0.1, 0.15) is 5.78 Å². The van der Waals surface area contributed by atoms with Gasteiger partial charge in [0.25, 0.3) is 0 Å². The maximum Gasteiger partial charge on any atom is 0.133 e. The van der Waals surface area contributed by atoms with E-state index in [0.717, 1.165) is 0 Å². The van der Waals surface area contributed by atoms with Gasteiger partial charge in [-0.2, -0.15) is 0 Å². The van der Waals surface area contributed by atoms with Crippen LogP contribution in [0, 0.1) is 19.3 Å². The summed E-state index contributed by atoms with van der Waals surface area (Å²) in [5.41, 5.74) is 0. The molecule has 0 saturated carbocycles. The van der Waals surface area contributed by atoms with Gasteiger partial charge in [0.05, 0.1) is 0 Å². The largest absolute Gasteiger partial charge is 0.550 e. The Morgan fingerprint density at radius 3 is 1.64 bits per heavy atom. The molecule has 0 saturated heterocycles. The highest BCUT2D eigenvalue weighted by atomic mass is 16.4. The number of ketones is 1. The summed E-state index contributed by atoms with van der Waals surface area (Å²) in [6, 6.07) is 0. The highest BCUT2D eigenvalue weighted by molar-refractivity contribution is 5.83. The van der Waals surface area contributed by atoms with Crippen LogP contribution in [-0.2, 0) is 9.59 Å². The highest BCUT2D eigenvalue weighted by Gasteiger charge is 2.16. The molecule has 0 radical (unpaired) electrons. The number of aliphatic carboxylic acids is 1. The first kappa shape index (κ1) is 12.7. The molecule has 0 aromatic rings. The van der Waals surface area contributed by atoms with Gasteiger partial charge >= 0.3 is 0 Å². The van der Waals surface area contributed by atoms with Crippen molar-refractivity contribution in [2.75, 3.05) is 0 Å². The number of carbonyl (C=O) groups excluding carboxylic acids is 2. The van der Waals surface area contributed by atoms with E-state index in [2.05, 4.69) is 0 Å². The van der Waals surface area contributed by atoms with Crippen LogP contribution in [0.5, 0.6) is 0 Å². The van der Waals surface area contributed by atoms with Crippen LogP contribution in [0.15, 0.2) is 0 Å². The molecule has 64 valence electrons. The summed E-state index contributed by atoms with van der Waals surface area (Å²) in [7, 11) is 0. The van der Waals surface area contributed by atoms with E-state index in [1.807, 2.05) is 0 Å². The quantitative estimate of drug-likeness (QED) is 0.545. The van der Waals surface area contributed by atoms with E-state index in [-0.39, 0.29) is 13.2 Å². The topological polar surface area (TPSA) is 57.2 Å². The average molecular weight is 158 g/mol. The third-order valence-corrected chi connectivity index (χ3v) is 1.76. The fourth-order valence-electron chi connectivity index (χ4n) is 0.556. The molecule has 3 nitrogen and oxygen atoms in total. The van der Waals surface area contributed by atoms with Crippen molar-refractivity contribution in [2.24, 2.45) is 11.8 Å². The summed E-state index contributed by atoms with van der Waals surface area (Å²) >= 11 is 0. The molecule has 0 aromatic heterocycles.